The van der Waals surface area contributed by atoms with Crippen LogP contribution in [0, 0.1) is 11.8 Å². The molecule has 1 aliphatic heterocycles. The van der Waals surface area contributed by atoms with Crippen molar-refractivity contribution < 1.29 is 9.53 Å². The molecule has 5 rings (SSSR count). The first-order valence-corrected chi connectivity index (χ1v) is 10.7. The zero-order chi connectivity index (χ0) is 20.0. The predicted octanol–water partition coefficient (Wildman–Crippen LogP) is 5.29. The number of methoxy groups -OCH3 is 1. The minimum absolute atomic E-state index is 0.0339. The number of amides is 1. The molecular formula is C22H18ClN3O2S. The van der Waals surface area contributed by atoms with Crippen molar-refractivity contribution in [3.63, 3.8) is 0 Å². The molecule has 0 unspecified atom stereocenters. The summed E-state index contributed by atoms with van der Waals surface area (Å²) in [4.78, 5) is 17.6. The van der Waals surface area contributed by atoms with E-state index in [1.807, 2.05) is 41.9 Å². The van der Waals surface area contributed by atoms with E-state index in [-0.39, 0.29) is 17.7 Å². The lowest BCUT2D eigenvalue weighted by molar-refractivity contribution is -0.123. The van der Waals surface area contributed by atoms with E-state index in [4.69, 9.17) is 21.4 Å². The molecule has 1 aliphatic carbocycles. The van der Waals surface area contributed by atoms with Crippen LogP contribution in [-0.4, -0.2) is 23.7 Å². The molecule has 0 saturated carbocycles. The maximum Gasteiger partial charge on any atom is 0.251 e. The standard InChI is InChI=1S/C22H18ClN3O2S/c1-28-19-9-6-13(10-17(19)23)21-15-4-2-3-5-16(15)22(27)26(25-21)14-7-8-18-20(11-14)29-12-24-18/h2-3,6-12,15-16H,4-5H2,1H3/t15-,16+/m1/s1. The molecule has 5 nitrogen and oxygen atoms in total. The summed E-state index contributed by atoms with van der Waals surface area (Å²) in [6.07, 6.45) is 5.73. The van der Waals surface area contributed by atoms with Gasteiger partial charge in [0.25, 0.3) is 5.91 Å². The third kappa shape index (κ3) is 3.12. The molecule has 29 heavy (non-hydrogen) atoms. The van der Waals surface area contributed by atoms with Gasteiger partial charge in [0, 0.05) is 5.92 Å². The molecule has 0 spiro atoms. The first-order valence-electron chi connectivity index (χ1n) is 9.40. The van der Waals surface area contributed by atoms with E-state index in [1.54, 1.807) is 23.5 Å². The Hall–Kier alpha value is -2.70. The van der Waals surface area contributed by atoms with Crippen LogP contribution in [0.3, 0.4) is 0 Å². The Morgan fingerprint density at radius 3 is 2.76 bits per heavy atom. The summed E-state index contributed by atoms with van der Waals surface area (Å²) in [6, 6.07) is 11.5. The minimum atomic E-state index is -0.134. The van der Waals surface area contributed by atoms with E-state index in [1.165, 1.54) is 0 Å². The number of aromatic nitrogens is 1. The number of anilines is 1. The smallest absolute Gasteiger partial charge is 0.251 e. The molecular weight excluding hydrogens is 406 g/mol. The molecule has 0 N–H and O–H groups in total. The van der Waals surface area contributed by atoms with Gasteiger partial charge in [-0.05, 0) is 54.8 Å². The van der Waals surface area contributed by atoms with E-state index in [0.29, 0.717) is 17.2 Å². The van der Waals surface area contributed by atoms with Crippen LogP contribution in [0.4, 0.5) is 5.69 Å². The molecule has 2 aliphatic rings. The van der Waals surface area contributed by atoms with Gasteiger partial charge in [-0.1, -0.05) is 23.8 Å². The van der Waals surface area contributed by atoms with Crippen molar-refractivity contribution in [3.05, 3.63) is 64.6 Å². The van der Waals surface area contributed by atoms with Crippen LogP contribution >= 0.6 is 22.9 Å². The summed E-state index contributed by atoms with van der Waals surface area (Å²) < 4.78 is 6.31. The SMILES string of the molecule is COc1ccc(C2=NN(c3ccc4ncsc4c3)C(=O)[C@H]3CC=CC[C@@H]23)cc1Cl. The van der Waals surface area contributed by atoms with Gasteiger partial charge in [-0.3, -0.25) is 4.79 Å². The van der Waals surface area contributed by atoms with Gasteiger partial charge >= 0.3 is 0 Å². The highest BCUT2D eigenvalue weighted by atomic mass is 35.5. The Labute approximate surface area is 177 Å². The molecule has 146 valence electrons. The molecule has 7 heteroatoms. The average molecular weight is 424 g/mol. The van der Waals surface area contributed by atoms with Crippen LogP contribution in [-0.2, 0) is 4.79 Å². The number of thiazole rings is 1. The molecule has 3 aromatic rings. The van der Waals surface area contributed by atoms with Crippen LogP contribution < -0.4 is 9.75 Å². The van der Waals surface area contributed by atoms with Crippen LogP contribution in [0.5, 0.6) is 5.75 Å². The van der Waals surface area contributed by atoms with Crippen molar-refractivity contribution in [2.24, 2.45) is 16.9 Å². The number of fused-ring (bicyclic) bond motifs is 2. The normalized spacial score (nSPS) is 21.2. The topological polar surface area (TPSA) is 54.8 Å². The molecule has 0 fully saturated rings. The van der Waals surface area contributed by atoms with Gasteiger partial charge in [-0.2, -0.15) is 5.10 Å². The molecule has 1 amide bonds. The number of hydrogen-bond acceptors (Lipinski definition) is 5. The first kappa shape index (κ1) is 18.3. The zero-order valence-electron chi connectivity index (χ0n) is 15.7. The zero-order valence-corrected chi connectivity index (χ0v) is 17.3. The second-order valence-corrected chi connectivity index (χ2v) is 8.44. The number of hydrogen-bond donors (Lipinski definition) is 0. The number of hydrazone groups is 1. The monoisotopic (exact) mass is 423 g/mol. The van der Waals surface area contributed by atoms with E-state index >= 15 is 0 Å². The second kappa shape index (κ2) is 7.28. The summed E-state index contributed by atoms with van der Waals surface area (Å²) in [7, 11) is 1.59. The van der Waals surface area contributed by atoms with Crippen molar-refractivity contribution in [3.8, 4) is 5.75 Å². The van der Waals surface area contributed by atoms with Gasteiger partial charge in [-0.25, -0.2) is 9.99 Å². The van der Waals surface area contributed by atoms with Crippen molar-refractivity contribution in [2.45, 2.75) is 12.8 Å². The molecule has 0 saturated heterocycles. The fourth-order valence-corrected chi connectivity index (χ4v) is 5.00. The highest BCUT2D eigenvalue weighted by Gasteiger charge is 2.40. The molecule has 0 radical (unpaired) electrons. The van der Waals surface area contributed by atoms with Gasteiger partial charge < -0.3 is 4.74 Å². The number of rotatable bonds is 3. The highest BCUT2D eigenvalue weighted by Crippen LogP contribution is 2.38. The molecule has 2 atom stereocenters. The lowest BCUT2D eigenvalue weighted by Gasteiger charge is -2.37. The van der Waals surface area contributed by atoms with Gasteiger partial charge in [-0.15, -0.1) is 11.3 Å². The minimum Gasteiger partial charge on any atom is -0.495 e. The Kier molecular flexibility index (Phi) is 4.60. The third-order valence-corrected chi connectivity index (χ3v) is 6.61. The Morgan fingerprint density at radius 2 is 1.97 bits per heavy atom. The van der Waals surface area contributed by atoms with Crippen LogP contribution in [0.1, 0.15) is 18.4 Å². The number of carbonyl (C=O) groups is 1. The van der Waals surface area contributed by atoms with E-state index in [9.17, 15) is 4.79 Å². The van der Waals surface area contributed by atoms with Gasteiger partial charge in [0.1, 0.15) is 5.75 Å². The van der Waals surface area contributed by atoms with Crippen LogP contribution in [0.15, 0.2) is 59.2 Å². The number of carbonyl (C=O) groups excluding carboxylic acids is 1. The first-order chi connectivity index (χ1) is 14.2. The van der Waals surface area contributed by atoms with Gasteiger partial charge in [0.05, 0.1) is 45.2 Å². The largest absolute Gasteiger partial charge is 0.495 e. The summed E-state index contributed by atoms with van der Waals surface area (Å²) in [5.41, 5.74) is 5.29. The summed E-state index contributed by atoms with van der Waals surface area (Å²) in [6.45, 7) is 0. The number of benzene rings is 2. The van der Waals surface area contributed by atoms with Gasteiger partial charge in [0.2, 0.25) is 0 Å². The second-order valence-electron chi connectivity index (χ2n) is 7.14. The number of nitrogens with zero attached hydrogens (tertiary/aromatic N) is 3. The molecule has 1 aromatic heterocycles. The fraction of sp³-hybridized carbons (Fsp3) is 0.227. The summed E-state index contributed by atoms with van der Waals surface area (Å²) >= 11 is 7.93. The van der Waals surface area contributed by atoms with Gasteiger partial charge in [0.15, 0.2) is 0 Å². The lowest BCUT2D eigenvalue weighted by atomic mass is 9.76. The lowest BCUT2D eigenvalue weighted by Crippen LogP contribution is -2.45. The van der Waals surface area contributed by atoms with E-state index in [0.717, 1.165) is 33.6 Å². The Balaban J connectivity index is 1.63. The highest BCUT2D eigenvalue weighted by molar-refractivity contribution is 7.16. The third-order valence-electron chi connectivity index (χ3n) is 5.52. The van der Waals surface area contributed by atoms with Crippen molar-refractivity contribution in [1.82, 2.24) is 4.98 Å². The average Bonchev–Trinajstić information content (AvgIpc) is 3.22. The maximum atomic E-state index is 13.3. The number of ether oxygens (including phenoxy) is 1. The molecule has 0 bridgehead atoms. The van der Waals surface area contributed by atoms with Crippen LogP contribution in [0.25, 0.3) is 10.2 Å². The fourth-order valence-electron chi connectivity index (χ4n) is 4.04. The summed E-state index contributed by atoms with van der Waals surface area (Å²) in [5.74, 6) is 0.563. The molecule has 2 aromatic carbocycles. The Morgan fingerprint density at radius 1 is 1.14 bits per heavy atom. The van der Waals surface area contributed by atoms with Crippen molar-refractivity contribution in [1.29, 1.82) is 0 Å². The maximum absolute atomic E-state index is 13.3. The Bertz CT molecular complexity index is 1170. The van der Waals surface area contributed by atoms with E-state index < -0.39 is 0 Å². The van der Waals surface area contributed by atoms with Crippen molar-refractivity contribution >= 4 is 50.5 Å². The van der Waals surface area contributed by atoms with Crippen molar-refractivity contribution in [2.75, 3.05) is 12.1 Å². The predicted molar refractivity (Wildman–Crippen MR) is 117 cm³/mol. The molecule has 2 heterocycles. The van der Waals surface area contributed by atoms with E-state index in [2.05, 4.69) is 17.1 Å². The number of allylic oxidation sites excluding steroid dienone is 2. The van der Waals surface area contributed by atoms with Crippen LogP contribution in [0.2, 0.25) is 5.02 Å². The number of halogens is 1. The quantitative estimate of drug-likeness (QED) is 0.537. The summed E-state index contributed by atoms with van der Waals surface area (Å²) in [5, 5.41) is 6.91.